The van der Waals surface area contributed by atoms with E-state index in [1.54, 1.807) is 0 Å². The van der Waals surface area contributed by atoms with E-state index >= 15 is 0 Å². The second-order valence-electron chi connectivity index (χ2n) is 5.45. The Morgan fingerprint density at radius 2 is 1.63 bits per heavy atom. The molecule has 0 spiro atoms. The fourth-order valence-corrected chi connectivity index (χ4v) is 3.09. The molecular weight excluding hydrogens is 244 g/mol. The van der Waals surface area contributed by atoms with Gasteiger partial charge in [0.15, 0.2) is 0 Å². The van der Waals surface area contributed by atoms with Crippen LogP contribution in [0.1, 0.15) is 38.5 Å². The fourth-order valence-electron chi connectivity index (χ4n) is 3.09. The van der Waals surface area contributed by atoms with Gasteiger partial charge in [-0.25, -0.2) is 4.58 Å². The highest BCUT2D eigenvalue weighted by molar-refractivity contribution is 5.74. The van der Waals surface area contributed by atoms with E-state index in [-0.39, 0.29) is 11.8 Å². The molecule has 1 saturated carbocycles. The van der Waals surface area contributed by atoms with Gasteiger partial charge in [0.1, 0.15) is 13.1 Å². The Labute approximate surface area is 112 Å². The van der Waals surface area contributed by atoms with Crippen LogP contribution in [0.5, 0.6) is 11.8 Å². The molecule has 5 nitrogen and oxygen atoms in total. The Morgan fingerprint density at radius 3 is 2.21 bits per heavy atom. The van der Waals surface area contributed by atoms with Gasteiger partial charge in [-0.1, -0.05) is 12.8 Å². The lowest BCUT2D eigenvalue weighted by Gasteiger charge is -2.13. The largest absolute Gasteiger partial charge is 0.492 e. The Morgan fingerprint density at radius 1 is 1.05 bits per heavy atom. The molecule has 104 valence electrons. The van der Waals surface area contributed by atoms with Crippen LogP contribution in [-0.2, 0) is 0 Å². The lowest BCUT2D eigenvalue weighted by Crippen LogP contribution is -2.34. The molecule has 2 heterocycles. The summed E-state index contributed by atoms with van der Waals surface area (Å²) in [4.78, 5) is 5.84. The molecule has 0 radical (unpaired) electrons. The summed E-state index contributed by atoms with van der Waals surface area (Å²) in [6.45, 7) is 2.02. The summed E-state index contributed by atoms with van der Waals surface area (Å²) in [6, 6.07) is 2.87. The van der Waals surface area contributed by atoms with Crippen molar-refractivity contribution in [2.24, 2.45) is 5.92 Å². The van der Waals surface area contributed by atoms with Crippen molar-refractivity contribution < 1.29 is 19.6 Å². The highest BCUT2D eigenvalue weighted by Crippen LogP contribution is 2.28. The Hall–Kier alpha value is -1.65. The van der Waals surface area contributed by atoms with E-state index in [1.165, 1.54) is 37.8 Å². The molecule has 2 fully saturated rings. The average molecular weight is 265 g/mol. The van der Waals surface area contributed by atoms with Crippen LogP contribution >= 0.6 is 0 Å². The minimum Gasteiger partial charge on any atom is -0.492 e. The standard InChI is InChI=1S/C14H20N2O3/c17-12-7-8-13(18)16(12)19-14(11-5-1-2-6-11)15-9-3-4-10-15/h7-8,11H,1-6,9-10H2,(H-,17,18)/p+1. The van der Waals surface area contributed by atoms with Gasteiger partial charge in [0.05, 0.1) is 5.92 Å². The first kappa shape index (κ1) is 12.4. The monoisotopic (exact) mass is 265 g/mol. The van der Waals surface area contributed by atoms with Gasteiger partial charge in [-0.15, -0.1) is 4.73 Å². The molecule has 1 aromatic rings. The highest BCUT2D eigenvalue weighted by atomic mass is 16.7. The Bertz CT molecular complexity index is 459. The predicted octanol–water partition coefficient (Wildman–Crippen LogP) is 1.72. The molecule has 0 unspecified atom stereocenters. The van der Waals surface area contributed by atoms with Crippen molar-refractivity contribution in [1.82, 2.24) is 4.73 Å². The smallest absolute Gasteiger partial charge is 0.365 e. The zero-order valence-electron chi connectivity index (χ0n) is 11.1. The fraction of sp³-hybridized carbons (Fsp3) is 0.643. The molecule has 0 amide bonds. The van der Waals surface area contributed by atoms with E-state index in [9.17, 15) is 10.2 Å². The number of rotatable bonds is 2. The summed E-state index contributed by atoms with van der Waals surface area (Å²) >= 11 is 0. The molecule has 5 heteroatoms. The number of aromatic hydroxyl groups is 2. The van der Waals surface area contributed by atoms with Crippen molar-refractivity contribution >= 4 is 5.90 Å². The third-order valence-electron chi connectivity index (χ3n) is 4.10. The first-order valence-electron chi connectivity index (χ1n) is 7.15. The van der Waals surface area contributed by atoms with Crippen LogP contribution in [0.3, 0.4) is 0 Å². The molecule has 3 rings (SSSR count). The Balaban J connectivity index is 1.89. The average Bonchev–Trinajstić information content (AvgIpc) is 3.12. The van der Waals surface area contributed by atoms with Crippen molar-refractivity contribution in [1.29, 1.82) is 0 Å². The van der Waals surface area contributed by atoms with Crippen LogP contribution in [0, 0.1) is 5.92 Å². The zero-order valence-corrected chi connectivity index (χ0v) is 11.1. The molecular formula is C14H21N2O3+. The topological polar surface area (TPSA) is 57.6 Å². The maximum Gasteiger partial charge on any atom is 0.365 e. The van der Waals surface area contributed by atoms with Crippen LogP contribution in [0.4, 0.5) is 0 Å². The maximum absolute atomic E-state index is 9.71. The van der Waals surface area contributed by atoms with E-state index < -0.39 is 0 Å². The van der Waals surface area contributed by atoms with Crippen molar-refractivity contribution in [3.05, 3.63) is 12.1 Å². The van der Waals surface area contributed by atoms with E-state index in [1.807, 2.05) is 0 Å². The number of aromatic nitrogens is 1. The molecule has 1 aliphatic heterocycles. The molecule has 1 aromatic heterocycles. The molecule has 0 bridgehead atoms. The SMILES string of the molecule is Oc1ccc(O)n1OC(C1CCCC1)=[N+]1CCCC1. The molecule has 0 aromatic carbocycles. The molecule has 0 atom stereocenters. The van der Waals surface area contributed by atoms with E-state index in [0.717, 1.165) is 36.6 Å². The van der Waals surface area contributed by atoms with Crippen LogP contribution < -0.4 is 4.84 Å². The van der Waals surface area contributed by atoms with Crippen molar-refractivity contribution in [2.45, 2.75) is 38.5 Å². The minimum atomic E-state index is -0.0628. The van der Waals surface area contributed by atoms with Crippen molar-refractivity contribution in [2.75, 3.05) is 13.1 Å². The lowest BCUT2D eigenvalue weighted by molar-refractivity contribution is -0.517. The first-order chi connectivity index (χ1) is 9.25. The first-order valence-corrected chi connectivity index (χ1v) is 7.15. The Kier molecular flexibility index (Phi) is 3.36. The van der Waals surface area contributed by atoms with Crippen LogP contribution in [-0.4, -0.2) is 38.5 Å². The van der Waals surface area contributed by atoms with Gasteiger partial charge in [0, 0.05) is 25.0 Å². The van der Waals surface area contributed by atoms with E-state index in [2.05, 4.69) is 4.58 Å². The van der Waals surface area contributed by atoms with Gasteiger partial charge in [0.25, 0.3) is 0 Å². The summed E-state index contributed by atoms with van der Waals surface area (Å²) in [7, 11) is 0. The van der Waals surface area contributed by atoms with Crippen molar-refractivity contribution in [3.63, 3.8) is 0 Å². The van der Waals surface area contributed by atoms with Gasteiger partial charge in [0.2, 0.25) is 11.8 Å². The summed E-state index contributed by atoms with van der Waals surface area (Å²) < 4.78 is 3.38. The summed E-state index contributed by atoms with van der Waals surface area (Å²) in [5.74, 6) is 1.20. The molecule has 19 heavy (non-hydrogen) atoms. The quantitative estimate of drug-likeness (QED) is 0.632. The second-order valence-corrected chi connectivity index (χ2v) is 5.45. The highest BCUT2D eigenvalue weighted by Gasteiger charge is 2.33. The lowest BCUT2D eigenvalue weighted by atomic mass is 10.1. The maximum atomic E-state index is 9.71. The van der Waals surface area contributed by atoms with Gasteiger partial charge in [-0.2, -0.15) is 0 Å². The third kappa shape index (κ3) is 2.41. The zero-order chi connectivity index (χ0) is 13.2. The number of nitrogens with zero attached hydrogens (tertiary/aromatic N) is 2. The van der Waals surface area contributed by atoms with Gasteiger partial charge in [-0.05, 0) is 12.8 Å². The number of hydrogen-bond donors (Lipinski definition) is 2. The van der Waals surface area contributed by atoms with Crippen LogP contribution in [0.2, 0.25) is 0 Å². The summed E-state index contributed by atoms with van der Waals surface area (Å²) in [6.07, 6.45) is 7.10. The van der Waals surface area contributed by atoms with E-state index in [0.29, 0.717) is 5.92 Å². The van der Waals surface area contributed by atoms with Gasteiger partial charge >= 0.3 is 5.90 Å². The molecule has 1 saturated heterocycles. The van der Waals surface area contributed by atoms with Crippen molar-refractivity contribution in [3.8, 4) is 11.8 Å². The van der Waals surface area contributed by atoms with E-state index in [4.69, 9.17) is 4.84 Å². The van der Waals surface area contributed by atoms with Crippen LogP contribution in [0.15, 0.2) is 12.1 Å². The van der Waals surface area contributed by atoms with Crippen LogP contribution in [0.25, 0.3) is 0 Å². The predicted molar refractivity (Wildman–Crippen MR) is 70.5 cm³/mol. The number of hydrogen-bond acceptors (Lipinski definition) is 3. The third-order valence-corrected chi connectivity index (χ3v) is 4.10. The molecule has 1 aliphatic carbocycles. The normalized spacial score (nSPS) is 20.1. The molecule has 2 N–H and O–H groups in total. The summed E-state index contributed by atoms with van der Waals surface area (Å²) in [5.41, 5.74) is 0. The minimum absolute atomic E-state index is 0.0628. The second kappa shape index (κ2) is 5.15. The van der Waals surface area contributed by atoms with Gasteiger partial charge in [-0.3, -0.25) is 0 Å². The summed E-state index contributed by atoms with van der Waals surface area (Å²) in [5, 5.41) is 19.4. The van der Waals surface area contributed by atoms with Gasteiger partial charge < -0.3 is 15.1 Å². The molecule has 2 aliphatic rings.